The fourth-order valence-electron chi connectivity index (χ4n) is 3.08. The Labute approximate surface area is 163 Å². The molecule has 4 heterocycles. The van der Waals surface area contributed by atoms with Crippen molar-refractivity contribution < 1.29 is 17.7 Å². The average Bonchev–Trinajstić information content (AvgIpc) is 3.41. The van der Waals surface area contributed by atoms with Crippen LogP contribution >= 0.6 is 0 Å². The molecule has 152 valence electrons. The summed E-state index contributed by atoms with van der Waals surface area (Å²) in [5.74, 6) is 0.203. The molecular formula is C17H11F3N8O2. The van der Waals surface area contributed by atoms with Gasteiger partial charge in [0.25, 0.3) is 5.56 Å². The smallest absolute Gasteiger partial charge is 0.351 e. The minimum atomic E-state index is -4.71. The number of hydrogen-bond donors (Lipinski definition) is 4. The Morgan fingerprint density at radius 2 is 1.97 bits per heavy atom. The Morgan fingerprint density at radius 3 is 2.70 bits per heavy atom. The lowest BCUT2D eigenvalue weighted by Gasteiger charge is -2.13. The number of nitrogens with zero attached hydrogens (tertiary/aromatic N) is 4. The van der Waals surface area contributed by atoms with E-state index in [2.05, 4.69) is 40.8 Å². The number of rotatable bonds is 3. The minimum Gasteiger partial charge on any atom is -0.351 e. The van der Waals surface area contributed by atoms with E-state index < -0.39 is 17.3 Å². The van der Waals surface area contributed by atoms with Gasteiger partial charge in [0.15, 0.2) is 17.5 Å². The van der Waals surface area contributed by atoms with Crippen LogP contribution in [0.1, 0.15) is 11.3 Å². The Morgan fingerprint density at radius 1 is 1.13 bits per heavy atom. The van der Waals surface area contributed by atoms with E-state index in [1.807, 2.05) is 0 Å². The second kappa shape index (κ2) is 6.17. The van der Waals surface area contributed by atoms with Crippen LogP contribution in [0.15, 0.2) is 33.7 Å². The zero-order chi connectivity index (χ0) is 21.0. The third kappa shape index (κ3) is 2.87. The molecule has 4 N–H and O–H groups in total. The predicted molar refractivity (Wildman–Crippen MR) is 99.1 cm³/mol. The first-order valence-corrected chi connectivity index (χ1v) is 8.53. The third-order valence-corrected chi connectivity index (χ3v) is 4.42. The summed E-state index contributed by atoms with van der Waals surface area (Å²) < 4.78 is 46.4. The standard InChI is InChI=1S/C17H11F3N8O2/c1-6-2-12(27-25-6)23-15-13-11(5-21-30-13)22-14(24-15)7-3-8-10(26-28-16(8)29)4-9(7)17(18,19)20/h2-5H,1H3,(H2,26,28,29)(H2,22,23,24,25,27). The zero-order valence-corrected chi connectivity index (χ0v) is 15.0. The number of H-pyrrole nitrogens is 3. The van der Waals surface area contributed by atoms with Crippen molar-refractivity contribution in [3.05, 3.63) is 46.0 Å². The van der Waals surface area contributed by atoms with E-state index in [4.69, 9.17) is 4.52 Å². The summed E-state index contributed by atoms with van der Waals surface area (Å²) in [6, 6.07) is 3.62. The summed E-state index contributed by atoms with van der Waals surface area (Å²) in [4.78, 5) is 20.3. The predicted octanol–water partition coefficient (Wildman–Crippen LogP) is 3.25. The van der Waals surface area contributed by atoms with E-state index in [-0.39, 0.29) is 39.2 Å². The molecule has 0 aliphatic rings. The zero-order valence-electron chi connectivity index (χ0n) is 15.0. The maximum atomic E-state index is 13.8. The molecular weight excluding hydrogens is 405 g/mol. The highest BCUT2D eigenvalue weighted by Crippen LogP contribution is 2.38. The van der Waals surface area contributed by atoms with Crippen LogP contribution in [-0.4, -0.2) is 35.5 Å². The molecule has 5 rings (SSSR count). The molecule has 0 saturated heterocycles. The topological polar surface area (TPSA) is 141 Å². The number of aromatic amines is 3. The Balaban J connectivity index is 1.76. The van der Waals surface area contributed by atoms with E-state index >= 15 is 0 Å². The van der Waals surface area contributed by atoms with Gasteiger partial charge in [-0.05, 0) is 19.1 Å². The SMILES string of the molecule is Cc1cc(Nc2nc(-c3cc4c(=O)[nH][nH]c4cc3C(F)(F)F)nc3cnoc23)n[nH]1. The van der Waals surface area contributed by atoms with E-state index in [1.54, 1.807) is 13.0 Å². The summed E-state index contributed by atoms with van der Waals surface area (Å²) >= 11 is 0. The Kier molecular flexibility index (Phi) is 3.68. The first-order chi connectivity index (χ1) is 14.3. The van der Waals surface area contributed by atoms with Crippen LogP contribution in [0.3, 0.4) is 0 Å². The normalized spacial score (nSPS) is 12.1. The van der Waals surface area contributed by atoms with Gasteiger partial charge >= 0.3 is 6.18 Å². The van der Waals surface area contributed by atoms with Crippen LogP contribution in [0, 0.1) is 6.92 Å². The van der Waals surface area contributed by atoms with Crippen LogP contribution in [0.5, 0.6) is 0 Å². The molecule has 0 aliphatic heterocycles. The average molecular weight is 416 g/mol. The van der Waals surface area contributed by atoms with Gasteiger partial charge < -0.3 is 9.84 Å². The van der Waals surface area contributed by atoms with Gasteiger partial charge in [-0.2, -0.15) is 18.3 Å². The van der Waals surface area contributed by atoms with Gasteiger partial charge in [0.05, 0.1) is 22.7 Å². The molecule has 0 bridgehead atoms. The van der Waals surface area contributed by atoms with Crippen molar-refractivity contribution in [3.8, 4) is 11.4 Å². The van der Waals surface area contributed by atoms with Gasteiger partial charge in [0, 0.05) is 17.3 Å². The summed E-state index contributed by atoms with van der Waals surface area (Å²) in [6.45, 7) is 1.78. The van der Waals surface area contributed by atoms with Gasteiger partial charge in [0.2, 0.25) is 5.58 Å². The summed E-state index contributed by atoms with van der Waals surface area (Å²) in [5.41, 5.74) is -0.799. The third-order valence-electron chi connectivity index (χ3n) is 4.42. The molecule has 30 heavy (non-hydrogen) atoms. The van der Waals surface area contributed by atoms with Crippen molar-refractivity contribution in [2.45, 2.75) is 13.1 Å². The summed E-state index contributed by atoms with van der Waals surface area (Å²) in [6.07, 6.45) is -3.45. The largest absolute Gasteiger partial charge is 0.417 e. The number of aryl methyl sites for hydroxylation is 1. The number of alkyl halides is 3. The van der Waals surface area contributed by atoms with Gasteiger partial charge in [-0.15, -0.1) is 0 Å². The first-order valence-electron chi connectivity index (χ1n) is 8.53. The van der Waals surface area contributed by atoms with E-state index in [9.17, 15) is 18.0 Å². The molecule has 0 aliphatic carbocycles. The molecule has 4 aromatic heterocycles. The lowest BCUT2D eigenvalue weighted by Crippen LogP contribution is -2.09. The van der Waals surface area contributed by atoms with Crippen molar-refractivity contribution in [2.24, 2.45) is 0 Å². The number of hydrogen-bond acceptors (Lipinski definition) is 7. The van der Waals surface area contributed by atoms with E-state index in [1.165, 1.54) is 6.20 Å². The van der Waals surface area contributed by atoms with Crippen LogP contribution in [0.4, 0.5) is 24.8 Å². The first kappa shape index (κ1) is 17.9. The molecule has 0 unspecified atom stereocenters. The van der Waals surface area contributed by atoms with Crippen molar-refractivity contribution in [2.75, 3.05) is 5.32 Å². The molecule has 0 amide bonds. The van der Waals surface area contributed by atoms with Gasteiger partial charge in [-0.25, -0.2) is 9.97 Å². The fourth-order valence-corrected chi connectivity index (χ4v) is 3.08. The van der Waals surface area contributed by atoms with E-state index in [0.29, 0.717) is 5.82 Å². The molecule has 0 radical (unpaired) electrons. The lowest BCUT2D eigenvalue weighted by atomic mass is 10.0. The van der Waals surface area contributed by atoms with Crippen molar-refractivity contribution in [1.29, 1.82) is 0 Å². The van der Waals surface area contributed by atoms with Crippen LogP contribution in [0.25, 0.3) is 33.4 Å². The van der Waals surface area contributed by atoms with Crippen LogP contribution in [0.2, 0.25) is 0 Å². The molecule has 0 saturated carbocycles. The highest BCUT2D eigenvalue weighted by Gasteiger charge is 2.35. The van der Waals surface area contributed by atoms with Crippen molar-refractivity contribution in [1.82, 2.24) is 35.5 Å². The van der Waals surface area contributed by atoms with Gasteiger partial charge in [0.1, 0.15) is 5.52 Å². The number of nitrogens with one attached hydrogen (secondary N) is 4. The van der Waals surface area contributed by atoms with Gasteiger partial charge in [-0.1, -0.05) is 5.16 Å². The highest BCUT2D eigenvalue weighted by atomic mass is 19.4. The fraction of sp³-hybridized carbons (Fsp3) is 0.118. The monoisotopic (exact) mass is 416 g/mol. The van der Waals surface area contributed by atoms with Gasteiger partial charge in [-0.3, -0.25) is 20.1 Å². The molecule has 0 atom stereocenters. The number of benzene rings is 1. The maximum Gasteiger partial charge on any atom is 0.417 e. The van der Waals surface area contributed by atoms with Crippen LogP contribution in [-0.2, 0) is 6.18 Å². The number of anilines is 2. The molecule has 5 aromatic rings. The second-order valence-electron chi connectivity index (χ2n) is 6.52. The van der Waals surface area contributed by atoms with Crippen LogP contribution < -0.4 is 10.9 Å². The second-order valence-corrected chi connectivity index (χ2v) is 6.52. The molecule has 0 fully saturated rings. The molecule has 10 nitrogen and oxygen atoms in total. The Bertz CT molecular complexity index is 1460. The molecule has 1 aromatic carbocycles. The molecule has 13 heteroatoms. The van der Waals surface area contributed by atoms with Crippen molar-refractivity contribution >= 4 is 33.6 Å². The summed E-state index contributed by atoms with van der Waals surface area (Å²) in [5, 5.41) is 18.0. The number of aromatic nitrogens is 7. The van der Waals surface area contributed by atoms with Crippen molar-refractivity contribution in [3.63, 3.8) is 0 Å². The number of halogens is 3. The highest BCUT2D eigenvalue weighted by molar-refractivity contribution is 5.89. The van der Waals surface area contributed by atoms with E-state index in [0.717, 1.165) is 17.8 Å². The quantitative estimate of drug-likeness (QED) is 0.354. The lowest BCUT2D eigenvalue weighted by molar-refractivity contribution is -0.137. The Hall–Kier alpha value is -4.16. The summed E-state index contributed by atoms with van der Waals surface area (Å²) in [7, 11) is 0. The maximum absolute atomic E-state index is 13.8. The minimum absolute atomic E-state index is 0.0208. The number of fused-ring (bicyclic) bond motifs is 2. The molecule has 0 spiro atoms.